The molecular formula is C25H33N3O3. The van der Waals surface area contributed by atoms with Crippen molar-refractivity contribution in [2.75, 3.05) is 45.7 Å². The predicted molar refractivity (Wildman–Crippen MR) is 123 cm³/mol. The minimum Gasteiger partial charge on any atom is -0.497 e. The van der Waals surface area contributed by atoms with Crippen LogP contribution in [0.3, 0.4) is 0 Å². The van der Waals surface area contributed by atoms with Gasteiger partial charge in [-0.3, -0.25) is 14.6 Å². The van der Waals surface area contributed by atoms with Gasteiger partial charge in [0.15, 0.2) is 0 Å². The first-order valence-corrected chi connectivity index (χ1v) is 11.2. The number of hydrogen-bond acceptors (Lipinski definition) is 5. The number of nitrogens with zero attached hydrogens (tertiary/aromatic N) is 2. The zero-order valence-electron chi connectivity index (χ0n) is 18.6. The number of ether oxygens (including phenoxy) is 2. The third-order valence-corrected chi connectivity index (χ3v) is 6.35. The predicted octanol–water partition coefficient (Wildman–Crippen LogP) is 4.08. The molecule has 2 heterocycles. The Morgan fingerprint density at radius 1 is 1.00 bits per heavy atom. The van der Waals surface area contributed by atoms with Crippen LogP contribution in [0.25, 0.3) is 0 Å². The number of rotatable bonds is 8. The Balaban J connectivity index is 1.36. The normalized spacial score (nSPS) is 19.5. The van der Waals surface area contributed by atoms with Gasteiger partial charge < -0.3 is 14.8 Å². The van der Waals surface area contributed by atoms with Gasteiger partial charge in [0.2, 0.25) is 5.91 Å². The molecule has 166 valence electrons. The smallest absolute Gasteiger partial charge is 0.238 e. The molecule has 1 N–H and O–H groups in total. The highest BCUT2D eigenvalue weighted by Crippen LogP contribution is 2.38. The lowest BCUT2D eigenvalue weighted by Crippen LogP contribution is -2.33. The lowest BCUT2D eigenvalue weighted by atomic mass is 10.0. The zero-order valence-corrected chi connectivity index (χ0v) is 18.6. The summed E-state index contributed by atoms with van der Waals surface area (Å²) in [6.07, 6.45) is 4.66. The first-order valence-electron chi connectivity index (χ1n) is 11.2. The van der Waals surface area contributed by atoms with Crippen LogP contribution in [0.15, 0.2) is 42.5 Å². The summed E-state index contributed by atoms with van der Waals surface area (Å²) in [6, 6.07) is 14.3. The Bertz CT molecular complexity index is 878. The van der Waals surface area contributed by atoms with Crippen LogP contribution >= 0.6 is 0 Å². The van der Waals surface area contributed by atoms with E-state index in [9.17, 15) is 4.79 Å². The third kappa shape index (κ3) is 5.38. The molecule has 0 saturated carbocycles. The van der Waals surface area contributed by atoms with Gasteiger partial charge >= 0.3 is 0 Å². The van der Waals surface area contributed by atoms with Gasteiger partial charge in [-0.2, -0.15) is 0 Å². The molecule has 1 amide bonds. The fourth-order valence-electron chi connectivity index (χ4n) is 4.74. The highest BCUT2D eigenvalue weighted by Gasteiger charge is 2.30. The standard InChI is InChI=1S/C25H33N3O3/c1-30-21-11-12-24(31-2)22(16-21)23-6-5-15-28(23)18-25(29)26-20-9-7-19(8-10-20)17-27-13-3-4-14-27/h7-12,16,23H,3-6,13-15,17-18H2,1-2H3,(H,26,29)/t23-/m0/s1. The summed E-state index contributed by atoms with van der Waals surface area (Å²) in [5.74, 6) is 1.66. The Labute approximate surface area is 185 Å². The molecular weight excluding hydrogens is 390 g/mol. The highest BCUT2D eigenvalue weighted by atomic mass is 16.5. The molecule has 2 saturated heterocycles. The molecule has 2 aromatic rings. The first-order chi connectivity index (χ1) is 15.2. The van der Waals surface area contributed by atoms with Gasteiger partial charge in [-0.1, -0.05) is 12.1 Å². The average Bonchev–Trinajstić information content (AvgIpc) is 3.46. The number of carbonyl (C=O) groups is 1. The molecule has 1 atom stereocenters. The number of carbonyl (C=O) groups excluding carboxylic acids is 1. The number of methoxy groups -OCH3 is 2. The molecule has 0 bridgehead atoms. The third-order valence-electron chi connectivity index (χ3n) is 6.35. The van der Waals surface area contributed by atoms with Crippen LogP contribution < -0.4 is 14.8 Å². The van der Waals surface area contributed by atoms with E-state index in [0.717, 1.165) is 48.7 Å². The van der Waals surface area contributed by atoms with Crippen molar-refractivity contribution in [3.8, 4) is 11.5 Å². The number of amides is 1. The van der Waals surface area contributed by atoms with Gasteiger partial charge in [0, 0.05) is 23.8 Å². The van der Waals surface area contributed by atoms with Crippen molar-refractivity contribution >= 4 is 11.6 Å². The second-order valence-electron chi connectivity index (χ2n) is 8.46. The van der Waals surface area contributed by atoms with Crippen molar-refractivity contribution in [1.29, 1.82) is 0 Å². The van der Waals surface area contributed by atoms with E-state index in [-0.39, 0.29) is 11.9 Å². The summed E-state index contributed by atoms with van der Waals surface area (Å²) in [5, 5.41) is 3.06. The summed E-state index contributed by atoms with van der Waals surface area (Å²) in [5.41, 5.74) is 3.23. The Kier molecular flexibility index (Phi) is 7.10. The summed E-state index contributed by atoms with van der Waals surface area (Å²) < 4.78 is 11.0. The molecule has 2 aliphatic rings. The van der Waals surface area contributed by atoms with Gasteiger partial charge in [0.1, 0.15) is 11.5 Å². The SMILES string of the molecule is COc1ccc(OC)c([C@@H]2CCCN2CC(=O)Nc2ccc(CN3CCCC3)cc2)c1. The number of benzene rings is 2. The molecule has 2 fully saturated rings. The van der Waals surface area contributed by atoms with Crippen molar-refractivity contribution < 1.29 is 14.3 Å². The summed E-state index contributed by atoms with van der Waals surface area (Å²) in [7, 11) is 3.35. The van der Waals surface area contributed by atoms with Crippen LogP contribution in [0.5, 0.6) is 11.5 Å². The van der Waals surface area contributed by atoms with Crippen molar-refractivity contribution in [3.63, 3.8) is 0 Å². The van der Waals surface area contributed by atoms with E-state index < -0.39 is 0 Å². The molecule has 0 radical (unpaired) electrons. The Morgan fingerprint density at radius 3 is 2.48 bits per heavy atom. The summed E-state index contributed by atoms with van der Waals surface area (Å²) in [6.45, 7) is 4.63. The second-order valence-corrected chi connectivity index (χ2v) is 8.46. The van der Waals surface area contributed by atoms with Crippen molar-refractivity contribution in [3.05, 3.63) is 53.6 Å². The average molecular weight is 424 g/mol. The fraction of sp³-hybridized carbons (Fsp3) is 0.480. The van der Waals surface area contributed by atoms with Gasteiger partial charge in [-0.05, 0) is 81.2 Å². The van der Waals surface area contributed by atoms with E-state index in [1.54, 1.807) is 14.2 Å². The number of nitrogens with one attached hydrogen (secondary N) is 1. The molecule has 0 unspecified atom stereocenters. The molecule has 0 aromatic heterocycles. The van der Waals surface area contributed by atoms with Gasteiger partial charge in [0.05, 0.1) is 20.8 Å². The van der Waals surface area contributed by atoms with E-state index in [1.165, 1.54) is 31.5 Å². The maximum Gasteiger partial charge on any atom is 0.238 e. The van der Waals surface area contributed by atoms with E-state index in [1.807, 2.05) is 30.3 Å². The van der Waals surface area contributed by atoms with E-state index in [4.69, 9.17) is 9.47 Å². The molecule has 6 heteroatoms. The quantitative estimate of drug-likeness (QED) is 0.694. The second kappa shape index (κ2) is 10.2. The number of likely N-dealkylation sites (tertiary alicyclic amines) is 2. The molecule has 2 aromatic carbocycles. The van der Waals surface area contributed by atoms with E-state index >= 15 is 0 Å². The minimum absolute atomic E-state index is 0.0149. The molecule has 31 heavy (non-hydrogen) atoms. The fourth-order valence-corrected chi connectivity index (χ4v) is 4.74. The van der Waals surface area contributed by atoms with Crippen LogP contribution in [0.2, 0.25) is 0 Å². The van der Waals surface area contributed by atoms with Crippen LogP contribution in [0.1, 0.15) is 42.9 Å². The maximum absolute atomic E-state index is 12.8. The zero-order chi connectivity index (χ0) is 21.6. The molecule has 6 nitrogen and oxygen atoms in total. The van der Waals surface area contributed by atoms with Crippen molar-refractivity contribution in [2.24, 2.45) is 0 Å². The van der Waals surface area contributed by atoms with E-state index in [0.29, 0.717) is 6.54 Å². The van der Waals surface area contributed by atoms with Crippen LogP contribution in [0, 0.1) is 0 Å². The van der Waals surface area contributed by atoms with Gasteiger partial charge in [-0.15, -0.1) is 0 Å². The summed E-state index contributed by atoms with van der Waals surface area (Å²) in [4.78, 5) is 17.5. The topological polar surface area (TPSA) is 54.0 Å². The van der Waals surface area contributed by atoms with Crippen molar-refractivity contribution in [1.82, 2.24) is 9.80 Å². The van der Waals surface area contributed by atoms with Crippen molar-refractivity contribution in [2.45, 2.75) is 38.3 Å². The van der Waals surface area contributed by atoms with Crippen LogP contribution in [-0.2, 0) is 11.3 Å². The molecule has 4 rings (SSSR count). The maximum atomic E-state index is 12.8. The molecule has 0 spiro atoms. The Morgan fingerprint density at radius 2 is 1.77 bits per heavy atom. The largest absolute Gasteiger partial charge is 0.497 e. The number of anilines is 1. The minimum atomic E-state index is 0.0149. The van der Waals surface area contributed by atoms with Crippen LogP contribution in [0.4, 0.5) is 5.69 Å². The molecule has 2 aliphatic heterocycles. The van der Waals surface area contributed by atoms with Gasteiger partial charge in [-0.25, -0.2) is 0 Å². The summed E-state index contributed by atoms with van der Waals surface area (Å²) >= 11 is 0. The van der Waals surface area contributed by atoms with Gasteiger partial charge in [0.25, 0.3) is 0 Å². The highest BCUT2D eigenvalue weighted by molar-refractivity contribution is 5.92. The van der Waals surface area contributed by atoms with E-state index in [2.05, 4.69) is 27.2 Å². The Hall–Kier alpha value is -2.57. The lowest BCUT2D eigenvalue weighted by molar-refractivity contribution is -0.117. The first kappa shape index (κ1) is 21.7. The number of hydrogen-bond donors (Lipinski definition) is 1. The van der Waals surface area contributed by atoms with Crippen LogP contribution in [-0.4, -0.2) is 56.1 Å². The molecule has 0 aliphatic carbocycles. The lowest BCUT2D eigenvalue weighted by Gasteiger charge is -2.26. The monoisotopic (exact) mass is 423 g/mol.